The molecular formula is C68H46N2O. The molecule has 0 aliphatic rings. The van der Waals surface area contributed by atoms with Gasteiger partial charge in [0.2, 0.25) is 0 Å². The van der Waals surface area contributed by atoms with Gasteiger partial charge in [0.05, 0.1) is 11.4 Å². The maximum Gasteiger partial charge on any atom is 0.143 e. The van der Waals surface area contributed by atoms with E-state index in [9.17, 15) is 0 Å². The zero-order chi connectivity index (χ0) is 47.1. The van der Waals surface area contributed by atoms with Crippen molar-refractivity contribution in [1.82, 2.24) is 0 Å². The second kappa shape index (κ2) is 17.9. The van der Waals surface area contributed by atoms with E-state index in [0.717, 1.165) is 99.9 Å². The summed E-state index contributed by atoms with van der Waals surface area (Å²) in [6.45, 7) is 0. The van der Waals surface area contributed by atoms with Gasteiger partial charge in [-0.1, -0.05) is 218 Å². The number of rotatable bonds is 10. The molecule has 0 unspecified atom stereocenters. The molecule has 12 aromatic carbocycles. The van der Waals surface area contributed by atoms with Gasteiger partial charge in [-0.3, -0.25) is 0 Å². The third kappa shape index (κ3) is 7.67. The van der Waals surface area contributed by atoms with Gasteiger partial charge in [-0.05, 0) is 105 Å². The van der Waals surface area contributed by atoms with Crippen LogP contribution in [-0.2, 0) is 0 Å². The summed E-state index contributed by atoms with van der Waals surface area (Å²) in [5.41, 5.74) is 17.3. The standard InChI is InChI=1S/C68H46N2O/c1-5-21-47(22-6-1)51-29-17-33-55(41-51)69(56-34-18-30-52(42-56)48-23-7-2-8-24-48)65-45-63-64-46-66(60-38-14-16-40-62(60)68(64)71-67(63)61-39-15-13-37-59(61)65)70(57-35-19-31-53(43-57)49-25-9-3-10-26-49)58-36-20-32-54(44-58)50-27-11-4-12-28-50/h1-46H. The topological polar surface area (TPSA) is 19.6 Å². The molecule has 1 heterocycles. The van der Waals surface area contributed by atoms with Crippen LogP contribution in [0.3, 0.4) is 0 Å². The third-order valence-electron chi connectivity index (χ3n) is 13.8. The number of furan rings is 1. The highest BCUT2D eigenvalue weighted by atomic mass is 16.3. The smallest absolute Gasteiger partial charge is 0.143 e. The van der Waals surface area contributed by atoms with E-state index in [4.69, 9.17) is 4.42 Å². The summed E-state index contributed by atoms with van der Waals surface area (Å²) in [7, 11) is 0. The van der Waals surface area contributed by atoms with Crippen LogP contribution in [0.2, 0.25) is 0 Å². The molecule has 0 amide bonds. The van der Waals surface area contributed by atoms with Crippen LogP contribution in [0.15, 0.2) is 283 Å². The lowest BCUT2D eigenvalue weighted by Crippen LogP contribution is -2.11. The van der Waals surface area contributed by atoms with E-state index < -0.39 is 0 Å². The van der Waals surface area contributed by atoms with Gasteiger partial charge in [0.15, 0.2) is 0 Å². The van der Waals surface area contributed by atoms with Crippen molar-refractivity contribution in [1.29, 1.82) is 0 Å². The van der Waals surface area contributed by atoms with E-state index in [2.05, 4.69) is 289 Å². The van der Waals surface area contributed by atoms with Gasteiger partial charge in [0.1, 0.15) is 11.2 Å². The summed E-state index contributed by atoms with van der Waals surface area (Å²) >= 11 is 0. The fourth-order valence-corrected chi connectivity index (χ4v) is 10.4. The maximum absolute atomic E-state index is 7.24. The fraction of sp³-hybridized carbons (Fsp3) is 0. The molecule has 334 valence electrons. The zero-order valence-corrected chi connectivity index (χ0v) is 38.9. The number of fused-ring (bicyclic) bond motifs is 7. The minimum atomic E-state index is 0.862. The van der Waals surface area contributed by atoms with Crippen molar-refractivity contribution in [3.63, 3.8) is 0 Å². The number of benzene rings is 12. The Hall–Kier alpha value is -9.44. The molecule has 0 spiro atoms. The number of hydrogen-bond acceptors (Lipinski definition) is 3. The van der Waals surface area contributed by atoms with Crippen LogP contribution >= 0.6 is 0 Å². The maximum atomic E-state index is 7.24. The molecule has 0 aliphatic carbocycles. The molecule has 0 fully saturated rings. The highest BCUT2D eigenvalue weighted by Crippen LogP contribution is 2.50. The lowest BCUT2D eigenvalue weighted by molar-refractivity contribution is 0.676. The van der Waals surface area contributed by atoms with Crippen LogP contribution in [-0.4, -0.2) is 0 Å². The molecule has 13 aromatic rings. The molecule has 0 N–H and O–H groups in total. The fourth-order valence-electron chi connectivity index (χ4n) is 10.4. The average Bonchev–Trinajstić information content (AvgIpc) is 3.83. The van der Waals surface area contributed by atoms with Gasteiger partial charge >= 0.3 is 0 Å². The molecule has 0 atom stereocenters. The van der Waals surface area contributed by atoms with Gasteiger partial charge in [-0.2, -0.15) is 0 Å². The molecule has 0 bridgehead atoms. The first-order valence-electron chi connectivity index (χ1n) is 24.2. The lowest BCUT2D eigenvalue weighted by atomic mass is 9.98. The molecule has 0 saturated carbocycles. The first-order valence-corrected chi connectivity index (χ1v) is 24.2. The van der Waals surface area contributed by atoms with E-state index in [1.807, 2.05) is 0 Å². The zero-order valence-electron chi connectivity index (χ0n) is 38.9. The first-order chi connectivity index (χ1) is 35.2. The molecule has 0 radical (unpaired) electrons. The monoisotopic (exact) mass is 906 g/mol. The average molecular weight is 907 g/mol. The molecule has 3 nitrogen and oxygen atoms in total. The Morgan fingerprint density at radius 2 is 0.451 bits per heavy atom. The second-order valence-corrected chi connectivity index (χ2v) is 18.1. The highest BCUT2D eigenvalue weighted by Gasteiger charge is 2.25. The summed E-state index contributed by atoms with van der Waals surface area (Å²) in [4.78, 5) is 4.86. The summed E-state index contributed by atoms with van der Waals surface area (Å²) in [6.07, 6.45) is 0. The van der Waals surface area contributed by atoms with Crippen LogP contribution < -0.4 is 9.80 Å². The summed E-state index contributed by atoms with van der Waals surface area (Å²) in [6, 6.07) is 100. The van der Waals surface area contributed by atoms with Gasteiger partial charge in [-0.15, -0.1) is 0 Å². The highest BCUT2D eigenvalue weighted by molar-refractivity contribution is 6.25. The van der Waals surface area contributed by atoms with Crippen molar-refractivity contribution in [3.05, 3.63) is 279 Å². The van der Waals surface area contributed by atoms with Gasteiger partial charge in [0, 0.05) is 55.1 Å². The Balaban J connectivity index is 1.09. The predicted octanol–water partition coefficient (Wildman–Crippen LogP) is 19.5. The normalized spacial score (nSPS) is 11.4. The molecule has 13 rings (SSSR count). The number of nitrogens with zero attached hydrogens (tertiary/aromatic N) is 2. The van der Waals surface area contributed by atoms with Gasteiger partial charge in [0.25, 0.3) is 0 Å². The quantitative estimate of drug-likeness (QED) is 0.136. The van der Waals surface area contributed by atoms with Crippen LogP contribution in [0, 0.1) is 0 Å². The van der Waals surface area contributed by atoms with Crippen LogP contribution in [0.4, 0.5) is 34.1 Å². The van der Waals surface area contributed by atoms with Crippen molar-refractivity contribution in [2.45, 2.75) is 0 Å². The Morgan fingerprint density at radius 3 is 0.746 bits per heavy atom. The predicted molar refractivity (Wildman–Crippen MR) is 300 cm³/mol. The number of hydrogen-bond donors (Lipinski definition) is 0. The molecule has 71 heavy (non-hydrogen) atoms. The van der Waals surface area contributed by atoms with Crippen molar-refractivity contribution in [2.75, 3.05) is 9.80 Å². The van der Waals surface area contributed by atoms with Crippen LogP contribution in [0.1, 0.15) is 0 Å². The van der Waals surface area contributed by atoms with Crippen LogP contribution in [0.5, 0.6) is 0 Å². The second-order valence-electron chi connectivity index (χ2n) is 18.1. The summed E-state index contributed by atoms with van der Waals surface area (Å²) in [5, 5.41) is 6.37. The Bertz CT molecular complexity index is 3620. The number of anilines is 6. The van der Waals surface area contributed by atoms with Gasteiger partial charge < -0.3 is 14.2 Å². The molecule has 3 heteroatoms. The van der Waals surface area contributed by atoms with E-state index in [1.54, 1.807) is 0 Å². The van der Waals surface area contributed by atoms with Crippen LogP contribution in [0.25, 0.3) is 88.0 Å². The first kappa shape index (κ1) is 41.7. The molecular weight excluding hydrogens is 861 g/mol. The molecule has 0 aliphatic heterocycles. The summed E-state index contributed by atoms with van der Waals surface area (Å²) in [5.74, 6) is 0. The van der Waals surface area contributed by atoms with E-state index in [1.165, 1.54) is 22.3 Å². The minimum Gasteiger partial charge on any atom is -0.455 e. The van der Waals surface area contributed by atoms with Crippen molar-refractivity contribution >= 4 is 77.6 Å². The van der Waals surface area contributed by atoms with Gasteiger partial charge in [-0.25, -0.2) is 0 Å². The Labute approximate surface area is 413 Å². The van der Waals surface area contributed by atoms with E-state index >= 15 is 0 Å². The lowest BCUT2D eigenvalue weighted by Gasteiger charge is -2.28. The SMILES string of the molecule is c1ccc(-c2cccc(N(c3cccc(-c4ccccc4)c3)c3cc4c5cc(N(c6cccc(-c7ccccc7)c6)c6cccc(-c7ccccc7)c6)c6ccccc6c5oc4c4ccccc34)c2)cc1. The molecule has 0 saturated heterocycles. The largest absolute Gasteiger partial charge is 0.455 e. The third-order valence-corrected chi connectivity index (χ3v) is 13.8. The van der Waals surface area contributed by atoms with E-state index in [-0.39, 0.29) is 0 Å². The minimum absolute atomic E-state index is 0.862. The Morgan fingerprint density at radius 1 is 0.197 bits per heavy atom. The molecule has 1 aromatic heterocycles. The van der Waals surface area contributed by atoms with Crippen molar-refractivity contribution < 1.29 is 4.42 Å². The Kier molecular flexibility index (Phi) is 10.5. The van der Waals surface area contributed by atoms with Crippen molar-refractivity contribution in [2.24, 2.45) is 0 Å². The summed E-state index contributed by atoms with van der Waals surface area (Å²) < 4.78 is 7.24. The van der Waals surface area contributed by atoms with E-state index in [0.29, 0.717) is 0 Å². The van der Waals surface area contributed by atoms with Crippen molar-refractivity contribution in [3.8, 4) is 44.5 Å².